The summed E-state index contributed by atoms with van der Waals surface area (Å²) in [4.78, 5) is 14.5. The molecule has 2 N–H and O–H groups in total. The Balaban J connectivity index is 1.38. The molecule has 0 bridgehead atoms. The van der Waals surface area contributed by atoms with Gasteiger partial charge < -0.3 is 15.3 Å². The molecule has 1 amide bonds. The van der Waals surface area contributed by atoms with Gasteiger partial charge in [-0.2, -0.15) is 0 Å². The number of nitrogens with one attached hydrogen (secondary N) is 1. The maximum Gasteiger partial charge on any atom is 0.221 e. The molecule has 3 rings (SSSR count). The molecule has 2 atom stereocenters. The molecule has 0 aromatic carbocycles. The molecular formula is C19H34N2O2. The van der Waals surface area contributed by atoms with E-state index >= 15 is 0 Å². The van der Waals surface area contributed by atoms with Crippen LogP contribution in [0.2, 0.25) is 0 Å². The molecule has 0 radical (unpaired) electrons. The van der Waals surface area contributed by atoms with E-state index in [1.54, 1.807) is 0 Å². The van der Waals surface area contributed by atoms with Crippen LogP contribution in [0.5, 0.6) is 0 Å². The number of aliphatic hydroxyl groups is 1. The molecule has 1 aliphatic heterocycles. The molecule has 3 fully saturated rings. The highest BCUT2D eigenvalue weighted by atomic mass is 16.3. The Morgan fingerprint density at radius 2 is 1.91 bits per heavy atom. The van der Waals surface area contributed by atoms with Crippen molar-refractivity contribution in [2.24, 2.45) is 11.8 Å². The normalized spacial score (nSPS) is 34.1. The summed E-state index contributed by atoms with van der Waals surface area (Å²) in [5, 5.41) is 14.2. The lowest BCUT2D eigenvalue weighted by molar-refractivity contribution is -0.130. The summed E-state index contributed by atoms with van der Waals surface area (Å²) in [5.41, 5.74) is -0.445. The van der Waals surface area contributed by atoms with Gasteiger partial charge in [-0.05, 0) is 43.9 Å². The fraction of sp³-hybridized carbons (Fsp3) is 0.947. The quantitative estimate of drug-likeness (QED) is 0.818. The van der Waals surface area contributed by atoms with E-state index in [-0.39, 0.29) is 5.91 Å². The van der Waals surface area contributed by atoms with Crippen LogP contribution in [0.25, 0.3) is 0 Å². The second kappa shape index (κ2) is 7.52. The van der Waals surface area contributed by atoms with Crippen molar-refractivity contribution in [3.8, 4) is 0 Å². The third kappa shape index (κ3) is 4.08. The van der Waals surface area contributed by atoms with Crippen LogP contribution in [-0.4, -0.2) is 47.2 Å². The molecule has 0 unspecified atom stereocenters. The SMILES string of the molecule is C[C@@H]1CN(CCC(=O)NC2CCCCC2)CC[C@@]1(O)C1CCC1. The highest BCUT2D eigenvalue weighted by molar-refractivity contribution is 5.76. The number of carbonyl (C=O) groups excluding carboxylic acids is 1. The van der Waals surface area contributed by atoms with Crippen molar-refractivity contribution in [2.45, 2.75) is 82.8 Å². The van der Waals surface area contributed by atoms with E-state index in [4.69, 9.17) is 0 Å². The number of nitrogens with zero attached hydrogens (tertiary/aromatic N) is 1. The lowest BCUT2D eigenvalue weighted by Gasteiger charge is -2.50. The minimum atomic E-state index is -0.445. The second-order valence-corrected chi connectivity index (χ2v) is 8.22. The van der Waals surface area contributed by atoms with Crippen molar-refractivity contribution in [1.82, 2.24) is 10.2 Å². The minimum Gasteiger partial charge on any atom is -0.389 e. The van der Waals surface area contributed by atoms with E-state index in [0.29, 0.717) is 24.3 Å². The van der Waals surface area contributed by atoms with Crippen LogP contribution >= 0.6 is 0 Å². The van der Waals surface area contributed by atoms with Crippen molar-refractivity contribution < 1.29 is 9.90 Å². The zero-order chi connectivity index (χ0) is 16.3. The summed E-state index contributed by atoms with van der Waals surface area (Å²) in [6, 6.07) is 0.417. The van der Waals surface area contributed by atoms with Crippen LogP contribution in [0.1, 0.15) is 71.1 Å². The van der Waals surface area contributed by atoms with Crippen molar-refractivity contribution in [2.75, 3.05) is 19.6 Å². The van der Waals surface area contributed by atoms with Gasteiger partial charge in [-0.15, -0.1) is 0 Å². The van der Waals surface area contributed by atoms with Crippen molar-refractivity contribution in [3.63, 3.8) is 0 Å². The first-order chi connectivity index (χ1) is 11.1. The third-order valence-corrected chi connectivity index (χ3v) is 6.65. The van der Waals surface area contributed by atoms with Crippen molar-refractivity contribution >= 4 is 5.91 Å². The van der Waals surface area contributed by atoms with Crippen LogP contribution in [-0.2, 0) is 4.79 Å². The molecule has 4 heteroatoms. The van der Waals surface area contributed by atoms with E-state index in [2.05, 4.69) is 17.1 Å². The van der Waals surface area contributed by atoms with Gasteiger partial charge in [-0.25, -0.2) is 0 Å². The first kappa shape index (κ1) is 17.2. The Kier molecular flexibility index (Phi) is 5.63. The molecule has 1 heterocycles. The van der Waals surface area contributed by atoms with Crippen LogP contribution < -0.4 is 5.32 Å². The number of piperidine rings is 1. The van der Waals surface area contributed by atoms with Gasteiger partial charge in [0.15, 0.2) is 0 Å². The summed E-state index contributed by atoms with van der Waals surface area (Å²) in [6.07, 6.45) is 11.3. The first-order valence-electron chi connectivity index (χ1n) is 9.82. The lowest BCUT2D eigenvalue weighted by Crippen LogP contribution is -2.56. The highest BCUT2D eigenvalue weighted by Crippen LogP contribution is 2.44. The standard InChI is InChI=1S/C19H34N2O2/c1-15-14-21(13-11-19(15,23)16-6-5-7-16)12-10-18(22)20-17-8-3-2-4-9-17/h15-17,23H,2-14H2,1H3,(H,20,22)/t15-,19+/m1/s1. The fourth-order valence-electron chi connectivity index (χ4n) is 4.74. The third-order valence-electron chi connectivity index (χ3n) is 6.65. The smallest absolute Gasteiger partial charge is 0.221 e. The maximum atomic E-state index is 12.1. The predicted molar refractivity (Wildman–Crippen MR) is 92.1 cm³/mol. The summed E-state index contributed by atoms with van der Waals surface area (Å²) in [6.45, 7) is 4.90. The molecular weight excluding hydrogens is 288 g/mol. The largest absolute Gasteiger partial charge is 0.389 e. The average Bonchev–Trinajstić information content (AvgIpc) is 2.48. The summed E-state index contributed by atoms with van der Waals surface area (Å²) < 4.78 is 0. The van der Waals surface area contributed by atoms with Gasteiger partial charge in [0, 0.05) is 32.1 Å². The zero-order valence-electron chi connectivity index (χ0n) is 14.7. The van der Waals surface area contributed by atoms with Crippen molar-refractivity contribution in [1.29, 1.82) is 0 Å². The molecule has 2 aliphatic carbocycles. The number of hydrogen-bond acceptors (Lipinski definition) is 3. The van der Waals surface area contributed by atoms with Gasteiger partial charge in [0.1, 0.15) is 0 Å². The van der Waals surface area contributed by atoms with Gasteiger partial charge in [0.05, 0.1) is 5.60 Å². The Hall–Kier alpha value is -0.610. The van der Waals surface area contributed by atoms with Gasteiger partial charge >= 0.3 is 0 Å². The summed E-state index contributed by atoms with van der Waals surface area (Å²) >= 11 is 0. The Morgan fingerprint density at radius 1 is 1.17 bits per heavy atom. The Bertz CT molecular complexity index is 404. The summed E-state index contributed by atoms with van der Waals surface area (Å²) in [7, 11) is 0. The minimum absolute atomic E-state index is 0.212. The molecule has 0 aromatic heterocycles. The molecule has 132 valence electrons. The topological polar surface area (TPSA) is 52.6 Å². The van der Waals surface area contributed by atoms with Gasteiger partial charge in [0.25, 0.3) is 0 Å². The van der Waals surface area contributed by atoms with Gasteiger partial charge in [0.2, 0.25) is 5.91 Å². The molecule has 0 aromatic rings. The van der Waals surface area contributed by atoms with Crippen LogP contribution in [0.4, 0.5) is 0 Å². The number of carbonyl (C=O) groups is 1. The molecule has 1 saturated heterocycles. The zero-order valence-corrected chi connectivity index (χ0v) is 14.7. The first-order valence-corrected chi connectivity index (χ1v) is 9.82. The van der Waals surface area contributed by atoms with Crippen LogP contribution in [0, 0.1) is 11.8 Å². The monoisotopic (exact) mass is 322 g/mol. The molecule has 3 aliphatic rings. The number of rotatable bonds is 5. The molecule has 4 nitrogen and oxygen atoms in total. The Labute approximate surface area is 141 Å². The average molecular weight is 322 g/mol. The van der Waals surface area contributed by atoms with Gasteiger partial charge in [-0.1, -0.05) is 32.6 Å². The molecule has 2 saturated carbocycles. The van der Waals surface area contributed by atoms with E-state index in [1.807, 2.05) is 0 Å². The molecule has 23 heavy (non-hydrogen) atoms. The van der Waals surface area contributed by atoms with E-state index in [9.17, 15) is 9.90 Å². The second-order valence-electron chi connectivity index (χ2n) is 8.22. The summed E-state index contributed by atoms with van der Waals surface area (Å²) in [5.74, 6) is 1.06. The van der Waals surface area contributed by atoms with Crippen molar-refractivity contribution in [3.05, 3.63) is 0 Å². The van der Waals surface area contributed by atoms with E-state index < -0.39 is 5.60 Å². The number of likely N-dealkylation sites (tertiary alicyclic amines) is 1. The number of amides is 1. The predicted octanol–water partition coefficient (Wildman–Crippen LogP) is 2.70. The number of hydrogen-bond donors (Lipinski definition) is 2. The highest BCUT2D eigenvalue weighted by Gasteiger charge is 2.46. The Morgan fingerprint density at radius 3 is 2.52 bits per heavy atom. The van der Waals surface area contributed by atoms with Gasteiger partial charge in [-0.3, -0.25) is 4.79 Å². The van der Waals surface area contributed by atoms with Crippen LogP contribution in [0.3, 0.4) is 0 Å². The van der Waals surface area contributed by atoms with Crippen LogP contribution in [0.15, 0.2) is 0 Å². The molecule has 0 spiro atoms. The van der Waals surface area contributed by atoms with E-state index in [0.717, 1.165) is 38.9 Å². The lowest BCUT2D eigenvalue weighted by atomic mass is 9.65. The maximum absolute atomic E-state index is 12.1. The fourth-order valence-corrected chi connectivity index (χ4v) is 4.74. The van der Waals surface area contributed by atoms with E-state index in [1.165, 1.54) is 38.5 Å².